The fourth-order valence-electron chi connectivity index (χ4n) is 4.16. The van der Waals surface area contributed by atoms with Crippen LogP contribution in [0.1, 0.15) is 28.3 Å². The summed E-state index contributed by atoms with van der Waals surface area (Å²) in [5.41, 5.74) is 3.16. The van der Waals surface area contributed by atoms with Crippen molar-refractivity contribution in [3.05, 3.63) is 93.5 Å². The standard InChI is InChI=1S/C27H24ClNO5/c1-15-5-9-18(10-6-15)29-23(17-7-11-19(33-3)12-8-17)22(25(31)27(29)32)24(30)20-13-16(2)14-21(28)26(20)34-4/h5-14,23,30H,1-4H3/b24-22+. The molecule has 1 N–H and O–H groups in total. The predicted molar refractivity (Wildman–Crippen MR) is 132 cm³/mol. The summed E-state index contributed by atoms with van der Waals surface area (Å²) in [6, 6.07) is 16.8. The molecule has 7 heteroatoms. The van der Waals surface area contributed by atoms with E-state index in [1.807, 2.05) is 26.0 Å². The van der Waals surface area contributed by atoms with Crippen LogP contribution in [0, 0.1) is 13.8 Å². The molecule has 1 aliphatic heterocycles. The van der Waals surface area contributed by atoms with E-state index in [4.69, 9.17) is 21.1 Å². The fourth-order valence-corrected chi connectivity index (χ4v) is 4.51. The average molecular weight is 478 g/mol. The molecule has 0 saturated carbocycles. The highest BCUT2D eigenvalue weighted by molar-refractivity contribution is 6.51. The first-order chi connectivity index (χ1) is 16.3. The highest BCUT2D eigenvalue weighted by Crippen LogP contribution is 2.44. The topological polar surface area (TPSA) is 76.1 Å². The highest BCUT2D eigenvalue weighted by atomic mass is 35.5. The van der Waals surface area contributed by atoms with Crippen LogP contribution in [0.2, 0.25) is 5.02 Å². The smallest absolute Gasteiger partial charge is 0.300 e. The first-order valence-electron chi connectivity index (χ1n) is 10.6. The van der Waals surface area contributed by atoms with Crippen LogP contribution in [-0.4, -0.2) is 31.0 Å². The van der Waals surface area contributed by atoms with Crippen molar-refractivity contribution in [2.45, 2.75) is 19.9 Å². The lowest BCUT2D eigenvalue weighted by Crippen LogP contribution is -2.29. The molecule has 4 rings (SSSR count). The molecule has 174 valence electrons. The summed E-state index contributed by atoms with van der Waals surface area (Å²) in [5.74, 6) is -1.03. The van der Waals surface area contributed by atoms with E-state index < -0.39 is 17.7 Å². The van der Waals surface area contributed by atoms with E-state index in [-0.39, 0.29) is 27.7 Å². The van der Waals surface area contributed by atoms with Crippen LogP contribution < -0.4 is 14.4 Å². The number of methoxy groups -OCH3 is 2. The largest absolute Gasteiger partial charge is 0.507 e. The number of nitrogens with zero attached hydrogens (tertiary/aromatic N) is 1. The molecule has 1 unspecified atom stereocenters. The van der Waals surface area contributed by atoms with E-state index in [1.54, 1.807) is 55.6 Å². The van der Waals surface area contributed by atoms with Crippen molar-refractivity contribution < 1.29 is 24.2 Å². The number of halogens is 1. The van der Waals surface area contributed by atoms with Crippen LogP contribution in [0.5, 0.6) is 11.5 Å². The summed E-state index contributed by atoms with van der Waals surface area (Å²) >= 11 is 6.34. The van der Waals surface area contributed by atoms with Crippen molar-refractivity contribution in [2.75, 3.05) is 19.1 Å². The van der Waals surface area contributed by atoms with Gasteiger partial charge in [-0.25, -0.2) is 0 Å². The predicted octanol–water partition coefficient (Wildman–Crippen LogP) is 5.60. The van der Waals surface area contributed by atoms with E-state index in [0.29, 0.717) is 17.0 Å². The van der Waals surface area contributed by atoms with Crippen molar-refractivity contribution >= 4 is 34.7 Å². The fraction of sp³-hybridized carbons (Fsp3) is 0.185. The lowest BCUT2D eigenvalue weighted by atomic mass is 9.94. The molecule has 0 aromatic heterocycles. The zero-order valence-corrected chi connectivity index (χ0v) is 20.0. The summed E-state index contributed by atoms with van der Waals surface area (Å²) < 4.78 is 10.7. The molecule has 34 heavy (non-hydrogen) atoms. The van der Waals surface area contributed by atoms with Crippen LogP contribution >= 0.6 is 11.6 Å². The number of aryl methyl sites for hydroxylation is 2. The maximum Gasteiger partial charge on any atom is 0.300 e. The lowest BCUT2D eigenvalue weighted by molar-refractivity contribution is -0.132. The lowest BCUT2D eigenvalue weighted by Gasteiger charge is -2.26. The third-order valence-corrected chi connectivity index (χ3v) is 6.12. The van der Waals surface area contributed by atoms with Crippen LogP contribution in [0.25, 0.3) is 5.76 Å². The van der Waals surface area contributed by atoms with Gasteiger partial charge in [0.15, 0.2) is 0 Å². The van der Waals surface area contributed by atoms with Crippen molar-refractivity contribution in [1.82, 2.24) is 0 Å². The molecule has 0 spiro atoms. The molecule has 6 nitrogen and oxygen atoms in total. The summed E-state index contributed by atoms with van der Waals surface area (Å²) in [7, 11) is 2.99. The maximum absolute atomic E-state index is 13.3. The van der Waals surface area contributed by atoms with Gasteiger partial charge in [-0.05, 0) is 61.4 Å². The number of aliphatic hydroxyl groups excluding tert-OH is 1. The number of amides is 1. The number of carbonyl (C=O) groups is 2. The molecule has 1 heterocycles. The van der Waals surface area contributed by atoms with Gasteiger partial charge in [-0.1, -0.05) is 41.4 Å². The van der Waals surface area contributed by atoms with Crippen molar-refractivity contribution in [3.63, 3.8) is 0 Å². The molecule has 0 bridgehead atoms. The third-order valence-electron chi connectivity index (χ3n) is 5.84. The number of rotatable bonds is 5. The minimum Gasteiger partial charge on any atom is -0.507 e. The average Bonchev–Trinajstić information content (AvgIpc) is 3.09. The molecule has 1 fully saturated rings. The van der Waals surface area contributed by atoms with Gasteiger partial charge in [0.05, 0.1) is 36.4 Å². The molecular weight excluding hydrogens is 454 g/mol. The number of benzene rings is 3. The Morgan fingerprint density at radius 2 is 1.56 bits per heavy atom. The summed E-state index contributed by atoms with van der Waals surface area (Å²) in [4.78, 5) is 28.0. The molecule has 1 aliphatic rings. The van der Waals surface area contributed by atoms with Crippen LogP contribution in [0.3, 0.4) is 0 Å². The Labute approximate surface area is 203 Å². The van der Waals surface area contributed by atoms with E-state index >= 15 is 0 Å². The number of ketones is 1. The van der Waals surface area contributed by atoms with Gasteiger partial charge in [-0.15, -0.1) is 0 Å². The Balaban J connectivity index is 1.99. The van der Waals surface area contributed by atoms with Crippen LogP contribution in [0.15, 0.2) is 66.2 Å². The van der Waals surface area contributed by atoms with Crippen molar-refractivity contribution in [3.8, 4) is 11.5 Å². The van der Waals surface area contributed by atoms with Gasteiger partial charge in [0.2, 0.25) is 0 Å². The molecule has 1 amide bonds. The quantitative estimate of drug-likeness (QED) is 0.294. The number of Topliss-reactive ketones (excluding diaryl/α,β-unsaturated/α-hetero) is 1. The van der Waals surface area contributed by atoms with Gasteiger partial charge in [0.1, 0.15) is 17.3 Å². The Bertz CT molecular complexity index is 1300. The molecule has 1 atom stereocenters. The SMILES string of the molecule is COc1ccc(C2/C(=C(\O)c3cc(C)cc(Cl)c3OC)C(=O)C(=O)N2c2ccc(C)cc2)cc1. The van der Waals surface area contributed by atoms with Gasteiger partial charge < -0.3 is 14.6 Å². The number of carbonyl (C=O) groups excluding carboxylic acids is 2. The van der Waals surface area contributed by atoms with Gasteiger partial charge in [-0.2, -0.15) is 0 Å². The summed E-state index contributed by atoms with van der Waals surface area (Å²) in [6.45, 7) is 3.75. The van der Waals surface area contributed by atoms with Crippen LogP contribution in [0.4, 0.5) is 5.69 Å². The molecule has 3 aromatic carbocycles. The molecule has 3 aromatic rings. The van der Waals surface area contributed by atoms with E-state index in [1.165, 1.54) is 12.0 Å². The van der Waals surface area contributed by atoms with Gasteiger partial charge in [0.25, 0.3) is 11.7 Å². The maximum atomic E-state index is 13.3. The number of hydrogen-bond acceptors (Lipinski definition) is 5. The second-order valence-electron chi connectivity index (χ2n) is 8.11. The number of anilines is 1. The zero-order valence-electron chi connectivity index (χ0n) is 19.3. The van der Waals surface area contributed by atoms with Gasteiger partial charge >= 0.3 is 0 Å². The van der Waals surface area contributed by atoms with E-state index in [2.05, 4.69) is 0 Å². The Kier molecular flexibility index (Phi) is 6.35. The van der Waals surface area contributed by atoms with Gasteiger partial charge in [-0.3, -0.25) is 14.5 Å². The minimum absolute atomic E-state index is 0.0456. The third kappa shape index (κ3) is 4.01. The first kappa shape index (κ1) is 23.4. The second-order valence-corrected chi connectivity index (χ2v) is 8.51. The number of ether oxygens (including phenoxy) is 2. The highest BCUT2D eigenvalue weighted by Gasteiger charge is 2.47. The van der Waals surface area contributed by atoms with Gasteiger partial charge in [0, 0.05) is 5.69 Å². The van der Waals surface area contributed by atoms with E-state index in [0.717, 1.165) is 11.1 Å². The second kappa shape index (κ2) is 9.23. The summed E-state index contributed by atoms with van der Waals surface area (Å²) in [5, 5.41) is 11.7. The Hall–Kier alpha value is -3.77. The number of aliphatic hydroxyl groups is 1. The van der Waals surface area contributed by atoms with Crippen molar-refractivity contribution in [1.29, 1.82) is 0 Å². The molecule has 0 aliphatic carbocycles. The Morgan fingerprint density at radius 1 is 0.912 bits per heavy atom. The Morgan fingerprint density at radius 3 is 2.15 bits per heavy atom. The molecule has 1 saturated heterocycles. The monoisotopic (exact) mass is 477 g/mol. The molecular formula is C27H24ClNO5. The minimum atomic E-state index is -0.863. The molecule has 0 radical (unpaired) electrons. The summed E-state index contributed by atoms with van der Waals surface area (Å²) in [6.07, 6.45) is 0. The van der Waals surface area contributed by atoms with Crippen LogP contribution in [-0.2, 0) is 9.59 Å². The van der Waals surface area contributed by atoms with Crippen molar-refractivity contribution in [2.24, 2.45) is 0 Å². The number of hydrogen-bond donors (Lipinski definition) is 1. The first-order valence-corrected chi connectivity index (χ1v) is 11.0. The normalized spacial score (nSPS) is 17.2. The zero-order chi connectivity index (χ0) is 24.6. The van der Waals surface area contributed by atoms with E-state index in [9.17, 15) is 14.7 Å².